The Hall–Kier alpha value is -1.02. The van der Waals surface area contributed by atoms with E-state index in [4.69, 9.17) is 5.73 Å². The Morgan fingerprint density at radius 1 is 1.46 bits per heavy atom. The number of aromatic hydroxyl groups is 1. The lowest BCUT2D eigenvalue weighted by Crippen LogP contribution is -2.11. The van der Waals surface area contributed by atoms with E-state index in [2.05, 4.69) is 6.92 Å². The topological polar surface area (TPSA) is 46.2 Å². The summed E-state index contributed by atoms with van der Waals surface area (Å²) in [6, 6.07) is 5.47. The molecule has 1 atom stereocenters. The van der Waals surface area contributed by atoms with Gasteiger partial charge in [-0.05, 0) is 25.0 Å². The summed E-state index contributed by atoms with van der Waals surface area (Å²) in [6.07, 6.45) is 1.95. The van der Waals surface area contributed by atoms with Crippen LogP contribution in [0.5, 0.6) is 5.75 Å². The fourth-order valence-electron chi connectivity index (χ4n) is 1.60. The summed E-state index contributed by atoms with van der Waals surface area (Å²) in [5, 5.41) is 9.61. The summed E-state index contributed by atoms with van der Waals surface area (Å²) in [5.41, 5.74) is 7.91. The molecule has 1 aromatic carbocycles. The lowest BCUT2D eigenvalue weighted by atomic mass is 9.97. The van der Waals surface area contributed by atoms with Gasteiger partial charge >= 0.3 is 0 Å². The first kappa shape index (κ1) is 10.1. The second-order valence-electron chi connectivity index (χ2n) is 3.40. The molecule has 0 bridgehead atoms. The van der Waals surface area contributed by atoms with Crippen molar-refractivity contribution < 1.29 is 5.11 Å². The normalized spacial score (nSPS) is 12.8. The van der Waals surface area contributed by atoms with Crippen molar-refractivity contribution in [2.45, 2.75) is 32.7 Å². The molecule has 0 spiro atoms. The van der Waals surface area contributed by atoms with Crippen LogP contribution in [0.3, 0.4) is 0 Å². The highest BCUT2D eigenvalue weighted by molar-refractivity contribution is 5.40. The predicted octanol–water partition coefficient (Wildman–Crippen LogP) is 2.50. The highest BCUT2D eigenvalue weighted by atomic mass is 16.3. The van der Waals surface area contributed by atoms with Gasteiger partial charge in [0.25, 0.3) is 0 Å². The SMILES string of the molecule is CCC[C@@H](N)c1c(C)cccc1O. The second-order valence-corrected chi connectivity index (χ2v) is 3.40. The smallest absolute Gasteiger partial charge is 0.120 e. The minimum Gasteiger partial charge on any atom is -0.508 e. The Labute approximate surface area is 79.4 Å². The van der Waals surface area contributed by atoms with Crippen molar-refractivity contribution in [1.29, 1.82) is 0 Å². The zero-order valence-electron chi connectivity index (χ0n) is 8.25. The van der Waals surface area contributed by atoms with Gasteiger partial charge in [-0.2, -0.15) is 0 Å². The van der Waals surface area contributed by atoms with Gasteiger partial charge < -0.3 is 10.8 Å². The average molecular weight is 179 g/mol. The number of aryl methyl sites for hydroxylation is 1. The standard InChI is InChI=1S/C11H17NO/c1-3-5-9(12)11-8(2)6-4-7-10(11)13/h4,6-7,9,13H,3,5,12H2,1-2H3/t9-/m1/s1. The van der Waals surface area contributed by atoms with Gasteiger partial charge in [0.05, 0.1) is 0 Å². The molecule has 72 valence electrons. The van der Waals surface area contributed by atoms with Gasteiger partial charge in [0.2, 0.25) is 0 Å². The first-order chi connectivity index (χ1) is 6.16. The number of hydrogen-bond donors (Lipinski definition) is 2. The fourth-order valence-corrected chi connectivity index (χ4v) is 1.60. The summed E-state index contributed by atoms with van der Waals surface area (Å²) < 4.78 is 0. The molecule has 0 aliphatic rings. The Morgan fingerprint density at radius 2 is 2.15 bits per heavy atom. The van der Waals surface area contributed by atoms with Crippen LogP contribution in [0.1, 0.15) is 36.9 Å². The van der Waals surface area contributed by atoms with Crippen LogP contribution in [0.15, 0.2) is 18.2 Å². The number of nitrogens with two attached hydrogens (primary N) is 1. The van der Waals surface area contributed by atoms with E-state index >= 15 is 0 Å². The first-order valence-electron chi connectivity index (χ1n) is 4.70. The van der Waals surface area contributed by atoms with Crippen LogP contribution in [0, 0.1) is 6.92 Å². The fraction of sp³-hybridized carbons (Fsp3) is 0.455. The molecule has 1 rings (SSSR count). The van der Waals surface area contributed by atoms with Crippen molar-refractivity contribution in [3.63, 3.8) is 0 Å². The summed E-state index contributed by atoms with van der Waals surface area (Å²) in [4.78, 5) is 0. The Kier molecular flexibility index (Phi) is 3.32. The number of benzene rings is 1. The molecule has 13 heavy (non-hydrogen) atoms. The maximum atomic E-state index is 9.61. The van der Waals surface area contributed by atoms with E-state index < -0.39 is 0 Å². The minimum atomic E-state index is -0.0359. The zero-order chi connectivity index (χ0) is 9.84. The number of hydrogen-bond acceptors (Lipinski definition) is 2. The number of rotatable bonds is 3. The van der Waals surface area contributed by atoms with Crippen molar-refractivity contribution in [1.82, 2.24) is 0 Å². The summed E-state index contributed by atoms with van der Waals surface area (Å²) in [6.45, 7) is 4.07. The molecule has 0 amide bonds. The zero-order valence-corrected chi connectivity index (χ0v) is 8.25. The quantitative estimate of drug-likeness (QED) is 0.748. The molecule has 0 fully saturated rings. The Balaban J connectivity index is 2.98. The highest BCUT2D eigenvalue weighted by Crippen LogP contribution is 2.28. The van der Waals surface area contributed by atoms with Gasteiger partial charge in [-0.1, -0.05) is 25.5 Å². The molecule has 0 aliphatic heterocycles. The molecule has 0 heterocycles. The van der Waals surface area contributed by atoms with Gasteiger partial charge in [-0.15, -0.1) is 0 Å². The maximum absolute atomic E-state index is 9.61. The van der Waals surface area contributed by atoms with E-state index in [0.29, 0.717) is 5.75 Å². The lowest BCUT2D eigenvalue weighted by molar-refractivity contribution is 0.457. The largest absolute Gasteiger partial charge is 0.508 e. The van der Waals surface area contributed by atoms with Gasteiger partial charge in [-0.25, -0.2) is 0 Å². The van der Waals surface area contributed by atoms with Crippen LogP contribution >= 0.6 is 0 Å². The molecule has 2 nitrogen and oxygen atoms in total. The molecule has 2 heteroatoms. The molecule has 0 unspecified atom stereocenters. The van der Waals surface area contributed by atoms with Crippen LogP contribution in [0.2, 0.25) is 0 Å². The van der Waals surface area contributed by atoms with Crippen molar-refractivity contribution >= 4 is 0 Å². The third-order valence-corrected chi connectivity index (χ3v) is 2.27. The van der Waals surface area contributed by atoms with E-state index in [0.717, 1.165) is 24.0 Å². The molecule has 0 radical (unpaired) electrons. The van der Waals surface area contributed by atoms with E-state index in [1.54, 1.807) is 6.07 Å². The molecule has 0 aromatic heterocycles. The third-order valence-electron chi connectivity index (χ3n) is 2.27. The van der Waals surface area contributed by atoms with Crippen molar-refractivity contribution in [2.24, 2.45) is 5.73 Å². The van der Waals surface area contributed by atoms with Gasteiger partial charge in [-0.3, -0.25) is 0 Å². The first-order valence-corrected chi connectivity index (χ1v) is 4.70. The van der Waals surface area contributed by atoms with Gasteiger partial charge in [0.1, 0.15) is 5.75 Å². The Morgan fingerprint density at radius 3 is 2.69 bits per heavy atom. The average Bonchev–Trinajstić information content (AvgIpc) is 2.04. The monoisotopic (exact) mass is 179 g/mol. The maximum Gasteiger partial charge on any atom is 0.120 e. The van der Waals surface area contributed by atoms with Crippen LogP contribution in [0.25, 0.3) is 0 Å². The van der Waals surface area contributed by atoms with Crippen molar-refractivity contribution in [3.05, 3.63) is 29.3 Å². The van der Waals surface area contributed by atoms with E-state index in [1.807, 2.05) is 19.1 Å². The van der Waals surface area contributed by atoms with Gasteiger partial charge in [0, 0.05) is 11.6 Å². The van der Waals surface area contributed by atoms with Crippen molar-refractivity contribution in [3.8, 4) is 5.75 Å². The molecular weight excluding hydrogens is 162 g/mol. The van der Waals surface area contributed by atoms with Crippen LogP contribution < -0.4 is 5.73 Å². The molecule has 0 saturated carbocycles. The summed E-state index contributed by atoms with van der Waals surface area (Å²) >= 11 is 0. The van der Waals surface area contributed by atoms with Gasteiger partial charge in [0.15, 0.2) is 0 Å². The molecular formula is C11H17NO. The number of phenols is 1. The highest BCUT2D eigenvalue weighted by Gasteiger charge is 2.11. The third kappa shape index (κ3) is 2.22. The molecule has 0 aliphatic carbocycles. The van der Waals surface area contributed by atoms with E-state index in [1.165, 1.54) is 0 Å². The lowest BCUT2D eigenvalue weighted by Gasteiger charge is -2.15. The number of phenolic OH excluding ortho intramolecular Hbond substituents is 1. The van der Waals surface area contributed by atoms with Crippen LogP contribution in [-0.2, 0) is 0 Å². The van der Waals surface area contributed by atoms with Crippen LogP contribution in [-0.4, -0.2) is 5.11 Å². The molecule has 0 saturated heterocycles. The van der Waals surface area contributed by atoms with Crippen LogP contribution in [0.4, 0.5) is 0 Å². The van der Waals surface area contributed by atoms with E-state index in [9.17, 15) is 5.11 Å². The summed E-state index contributed by atoms with van der Waals surface area (Å²) in [7, 11) is 0. The second kappa shape index (κ2) is 4.28. The predicted molar refractivity (Wildman–Crippen MR) is 54.7 cm³/mol. The van der Waals surface area contributed by atoms with Crippen molar-refractivity contribution in [2.75, 3.05) is 0 Å². The Bertz CT molecular complexity index is 263. The molecule has 1 aromatic rings. The minimum absolute atomic E-state index is 0.0359. The van der Waals surface area contributed by atoms with E-state index in [-0.39, 0.29) is 6.04 Å². The summed E-state index contributed by atoms with van der Waals surface area (Å²) in [5.74, 6) is 0.320. The molecule has 3 N–H and O–H groups in total.